The lowest BCUT2D eigenvalue weighted by molar-refractivity contribution is 0.146. The van der Waals surface area contributed by atoms with E-state index in [-0.39, 0.29) is 17.3 Å². The Labute approximate surface area is 73.4 Å². The molecular weight excluding hydrogens is 186 g/mol. The molecule has 0 spiro atoms. The highest BCUT2D eigenvalue weighted by atomic mass is 35.5. The highest BCUT2D eigenvalue weighted by molar-refractivity contribution is 6.17. The van der Waals surface area contributed by atoms with Gasteiger partial charge in [0.05, 0.1) is 5.88 Å². The molecule has 0 unspecified atom stereocenters. The van der Waals surface area contributed by atoms with Crippen LogP contribution in [0.15, 0.2) is 12.3 Å². The number of halogens is 3. The summed E-state index contributed by atoms with van der Waals surface area (Å²) >= 11 is 5.46. The quantitative estimate of drug-likeness (QED) is 0.731. The van der Waals surface area contributed by atoms with E-state index in [1.54, 1.807) is 0 Å². The molecular formula is C7H7ClF2N2. The fraction of sp³-hybridized carbons (Fsp3) is 0.286. The van der Waals surface area contributed by atoms with Crippen LogP contribution in [0.4, 0.5) is 14.5 Å². The van der Waals surface area contributed by atoms with Crippen molar-refractivity contribution in [3.63, 3.8) is 0 Å². The molecule has 1 heterocycles. The first-order valence-electron chi connectivity index (χ1n) is 3.23. The van der Waals surface area contributed by atoms with Crippen molar-refractivity contribution < 1.29 is 8.78 Å². The molecule has 2 N–H and O–H groups in total. The molecule has 12 heavy (non-hydrogen) atoms. The zero-order valence-electron chi connectivity index (χ0n) is 6.10. The third-order valence-electron chi connectivity index (χ3n) is 1.41. The van der Waals surface area contributed by atoms with Crippen LogP contribution in [0.1, 0.15) is 17.7 Å². The molecule has 1 rings (SSSR count). The summed E-state index contributed by atoms with van der Waals surface area (Å²) in [4.78, 5) is 3.50. The second-order valence-corrected chi connectivity index (χ2v) is 2.51. The maximum absolute atomic E-state index is 12.0. The molecule has 0 saturated carbocycles. The summed E-state index contributed by atoms with van der Waals surface area (Å²) in [6.07, 6.45) is -1.32. The van der Waals surface area contributed by atoms with Crippen LogP contribution in [0, 0.1) is 0 Å². The maximum atomic E-state index is 12.0. The van der Waals surface area contributed by atoms with Crippen molar-refractivity contribution >= 4 is 17.3 Å². The molecule has 2 nitrogen and oxygen atoms in total. The number of nitrogen functional groups attached to an aromatic ring is 1. The van der Waals surface area contributed by atoms with E-state index in [0.717, 1.165) is 6.07 Å². The average Bonchev–Trinajstić information content (AvgIpc) is 2.04. The molecule has 0 aliphatic rings. The second kappa shape index (κ2) is 3.67. The molecule has 0 bridgehead atoms. The van der Waals surface area contributed by atoms with Gasteiger partial charge in [0.1, 0.15) is 5.69 Å². The van der Waals surface area contributed by atoms with Gasteiger partial charge in [-0.25, -0.2) is 8.78 Å². The van der Waals surface area contributed by atoms with Gasteiger partial charge in [-0.1, -0.05) is 0 Å². The van der Waals surface area contributed by atoms with Gasteiger partial charge in [-0.15, -0.1) is 11.6 Å². The van der Waals surface area contributed by atoms with Gasteiger partial charge in [0.2, 0.25) is 0 Å². The van der Waals surface area contributed by atoms with Gasteiger partial charge in [-0.2, -0.15) is 0 Å². The Morgan fingerprint density at radius 1 is 1.58 bits per heavy atom. The monoisotopic (exact) mass is 192 g/mol. The number of aromatic nitrogens is 1. The molecule has 0 fully saturated rings. The van der Waals surface area contributed by atoms with Crippen LogP contribution in [0.25, 0.3) is 0 Å². The maximum Gasteiger partial charge on any atom is 0.280 e. The van der Waals surface area contributed by atoms with Crippen LogP contribution >= 0.6 is 11.6 Å². The Hall–Kier alpha value is -0.900. The average molecular weight is 193 g/mol. The van der Waals surface area contributed by atoms with E-state index >= 15 is 0 Å². The van der Waals surface area contributed by atoms with Crippen molar-refractivity contribution in [2.24, 2.45) is 0 Å². The Balaban J connectivity index is 3.02. The summed E-state index contributed by atoms with van der Waals surface area (Å²) in [5.41, 5.74) is 5.92. The van der Waals surface area contributed by atoms with Gasteiger partial charge >= 0.3 is 0 Å². The third-order valence-corrected chi connectivity index (χ3v) is 1.70. The highest BCUT2D eigenvalue weighted by Crippen LogP contribution is 2.21. The summed E-state index contributed by atoms with van der Waals surface area (Å²) in [7, 11) is 0. The van der Waals surface area contributed by atoms with Gasteiger partial charge < -0.3 is 5.73 Å². The zero-order chi connectivity index (χ0) is 9.14. The molecule has 1 aromatic heterocycles. The minimum atomic E-state index is -2.59. The van der Waals surface area contributed by atoms with Crippen LogP contribution < -0.4 is 5.73 Å². The predicted octanol–water partition coefficient (Wildman–Crippen LogP) is 2.34. The van der Waals surface area contributed by atoms with E-state index in [2.05, 4.69) is 4.98 Å². The summed E-state index contributed by atoms with van der Waals surface area (Å²) < 4.78 is 24.1. The summed E-state index contributed by atoms with van der Waals surface area (Å²) in [6, 6.07) is 1.14. The number of hydrogen-bond acceptors (Lipinski definition) is 2. The molecule has 0 aromatic carbocycles. The van der Waals surface area contributed by atoms with Gasteiger partial charge in [0.25, 0.3) is 6.43 Å². The lowest BCUT2D eigenvalue weighted by atomic mass is 10.2. The zero-order valence-corrected chi connectivity index (χ0v) is 6.85. The normalized spacial score (nSPS) is 10.7. The van der Waals surface area contributed by atoms with Crippen molar-refractivity contribution in [1.29, 1.82) is 0 Å². The molecule has 0 aliphatic heterocycles. The van der Waals surface area contributed by atoms with E-state index < -0.39 is 6.43 Å². The minimum absolute atomic E-state index is 0.183. The third kappa shape index (κ3) is 1.82. The fourth-order valence-corrected chi connectivity index (χ4v) is 0.971. The van der Waals surface area contributed by atoms with Crippen molar-refractivity contribution in [1.82, 2.24) is 4.98 Å². The lowest BCUT2D eigenvalue weighted by Gasteiger charge is -2.03. The molecule has 0 amide bonds. The summed E-state index contributed by atoms with van der Waals surface area (Å²) in [6.45, 7) is 0. The van der Waals surface area contributed by atoms with E-state index in [1.807, 2.05) is 0 Å². The number of anilines is 1. The number of rotatable bonds is 2. The molecule has 0 saturated heterocycles. The number of nitrogens with two attached hydrogens (primary N) is 1. The SMILES string of the molecule is Nc1cc(C(F)F)ncc1CCl. The number of pyridine rings is 1. The van der Waals surface area contributed by atoms with E-state index in [0.29, 0.717) is 5.56 Å². The van der Waals surface area contributed by atoms with Crippen molar-refractivity contribution in [3.8, 4) is 0 Å². The molecule has 66 valence electrons. The van der Waals surface area contributed by atoms with E-state index in [9.17, 15) is 8.78 Å². The number of nitrogens with zero attached hydrogens (tertiary/aromatic N) is 1. The van der Waals surface area contributed by atoms with Gasteiger partial charge in [-0.3, -0.25) is 4.98 Å². The Bertz CT molecular complexity index is 278. The van der Waals surface area contributed by atoms with Crippen molar-refractivity contribution in [2.75, 3.05) is 5.73 Å². The first kappa shape index (κ1) is 9.19. The summed E-state index contributed by atoms with van der Waals surface area (Å²) in [5.74, 6) is 0.183. The molecule has 0 radical (unpaired) electrons. The minimum Gasteiger partial charge on any atom is -0.398 e. The number of alkyl halides is 3. The largest absolute Gasteiger partial charge is 0.398 e. The van der Waals surface area contributed by atoms with Gasteiger partial charge in [0, 0.05) is 17.4 Å². The molecule has 0 aliphatic carbocycles. The fourth-order valence-electron chi connectivity index (χ4n) is 0.747. The highest BCUT2D eigenvalue weighted by Gasteiger charge is 2.09. The van der Waals surface area contributed by atoms with Crippen LogP contribution in [0.2, 0.25) is 0 Å². The van der Waals surface area contributed by atoms with Crippen LogP contribution in [-0.4, -0.2) is 4.98 Å². The smallest absolute Gasteiger partial charge is 0.280 e. The van der Waals surface area contributed by atoms with E-state index in [1.165, 1.54) is 6.20 Å². The Morgan fingerprint density at radius 3 is 2.67 bits per heavy atom. The van der Waals surface area contributed by atoms with Crippen LogP contribution in [-0.2, 0) is 5.88 Å². The Morgan fingerprint density at radius 2 is 2.25 bits per heavy atom. The molecule has 1 aromatic rings. The van der Waals surface area contributed by atoms with Gasteiger partial charge in [0.15, 0.2) is 0 Å². The standard InChI is InChI=1S/C7H7ClF2N2/c8-2-4-3-12-6(7(9)10)1-5(4)11/h1,3,7H,2H2,(H2,11,12). The lowest BCUT2D eigenvalue weighted by Crippen LogP contribution is -1.97. The predicted molar refractivity (Wildman–Crippen MR) is 43.2 cm³/mol. The molecule has 5 heteroatoms. The van der Waals surface area contributed by atoms with Crippen LogP contribution in [0.3, 0.4) is 0 Å². The summed E-state index contributed by atoms with van der Waals surface area (Å²) in [5, 5.41) is 0. The van der Waals surface area contributed by atoms with Crippen LogP contribution in [0.5, 0.6) is 0 Å². The number of hydrogen-bond donors (Lipinski definition) is 1. The van der Waals surface area contributed by atoms with Gasteiger partial charge in [-0.05, 0) is 6.07 Å². The van der Waals surface area contributed by atoms with Crippen molar-refractivity contribution in [3.05, 3.63) is 23.5 Å². The first-order chi connectivity index (χ1) is 5.65. The van der Waals surface area contributed by atoms with Crippen molar-refractivity contribution in [2.45, 2.75) is 12.3 Å². The first-order valence-corrected chi connectivity index (χ1v) is 3.77. The topological polar surface area (TPSA) is 38.9 Å². The van der Waals surface area contributed by atoms with E-state index in [4.69, 9.17) is 17.3 Å². The Kier molecular flexibility index (Phi) is 2.81. The second-order valence-electron chi connectivity index (χ2n) is 2.24. The molecule has 0 atom stereocenters.